The van der Waals surface area contributed by atoms with Crippen LogP contribution in [0.4, 0.5) is 0 Å². The first-order chi connectivity index (χ1) is 15.3. The summed E-state index contributed by atoms with van der Waals surface area (Å²) in [6, 6.07) is 24.9. The van der Waals surface area contributed by atoms with Crippen LogP contribution >= 0.6 is 0 Å². The molecule has 3 aliphatic rings. The lowest BCUT2D eigenvalue weighted by molar-refractivity contribution is 0.0686. The van der Waals surface area contributed by atoms with Gasteiger partial charge in [-0.25, -0.2) is 14.4 Å². The van der Waals surface area contributed by atoms with Gasteiger partial charge in [-0.15, -0.1) is 0 Å². The summed E-state index contributed by atoms with van der Waals surface area (Å²) in [5.74, 6) is -2.64. The number of benzene rings is 3. The molecule has 3 aromatic carbocycles. The molecule has 3 fully saturated rings. The lowest BCUT2D eigenvalue weighted by atomic mass is 10.0. The van der Waals surface area contributed by atoms with Crippen LogP contribution in [0, 0.1) is 10.8 Å². The largest absolute Gasteiger partial charge is 0.478 e. The molecule has 3 N–H and O–H groups in total. The Labute approximate surface area is 185 Å². The molecule has 0 atom stereocenters. The quantitative estimate of drug-likeness (QED) is 0.516. The van der Waals surface area contributed by atoms with Crippen molar-refractivity contribution in [1.82, 2.24) is 0 Å². The summed E-state index contributed by atoms with van der Waals surface area (Å²) in [5.41, 5.74) is 3.12. The zero-order valence-corrected chi connectivity index (χ0v) is 17.3. The van der Waals surface area contributed by atoms with E-state index in [4.69, 9.17) is 15.3 Å². The fraction of sp³-hybridized carbons (Fsp3) is 0.192. The second kappa shape index (κ2) is 9.47. The summed E-state index contributed by atoms with van der Waals surface area (Å²) < 4.78 is 0. The molecule has 6 rings (SSSR count). The minimum Gasteiger partial charge on any atom is -0.478 e. The van der Waals surface area contributed by atoms with Crippen LogP contribution in [-0.2, 0) is 0 Å². The van der Waals surface area contributed by atoms with Crippen LogP contribution in [0.2, 0.25) is 0 Å². The maximum atomic E-state index is 10.2. The van der Waals surface area contributed by atoms with E-state index in [1.165, 1.54) is 0 Å². The molecule has 6 heteroatoms. The average molecular weight is 432 g/mol. The van der Waals surface area contributed by atoms with Gasteiger partial charge in [0.05, 0.1) is 16.7 Å². The summed E-state index contributed by atoms with van der Waals surface area (Å²) >= 11 is 0. The molecule has 0 unspecified atom stereocenters. The smallest absolute Gasteiger partial charge is 0.335 e. The Hall–Kier alpha value is -3.93. The first kappa shape index (κ1) is 22.7. The number of carboxylic acids is 3. The summed E-state index contributed by atoms with van der Waals surface area (Å²) in [4.78, 5) is 30.6. The molecular formula is C26H24O6. The van der Waals surface area contributed by atoms with Crippen LogP contribution < -0.4 is 0 Å². The Morgan fingerprint density at radius 2 is 0.656 bits per heavy atom. The predicted molar refractivity (Wildman–Crippen MR) is 119 cm³/mol. The predicted octanol–water partition coefficient (Wildman–Crippen LogP) is 5.32. The topological polar surface area (TPSA) is 112 Å². The van der Waals surface area contributed by atoms with Crippen molar-refractivity contribution in [2.45, 2.75) is 19.3 Å². The summed E-state index contributed by atoms with van der Waals surface area (Å²) in [6.07, 6.45) is 4.88. The minimum absolute atomic E-state index is 0.331. The molecule has 0 heterocycles. The first-order valence-electron chi connectivity index (χ1n) is 10.1. The fourth-order valence-electron chi connectivity index (χ4n) is 3.40. The van der Waals surface area contributed by atoms with Gasteiger partial charge in [-0.05, 0) is 66.5 Å². The molecular weight excluding hydrogens is 408 g/mol. The molecule has 0 spiro atoms. The van der Waals surface area contributed by atoms with Crippen molar-refractivity contribution >= 4 is 17.9 Å². The van der Waals surface area contributed by atoms with E-state index in [1.807, 2.05) is 0 Å². The Balaban J connectivity index is 0.000000122. The number of hydrogen-bond donors (Lipinski definition) is 3. The number of carbonyl (C=O) groups is 3. The summed E-state index contributed by atoms with van der Waals surface area (Å²) in [7, 11) is 0. The third-order valence-corrected chi connectivity index (χ3v) is 5.84. The third kappa shape index (κ3) is 5.82. The molecule has 3 saturated carbocycles. The Morgan fingerprint density at radius 3 is 0.750 bits per heavy atom. The highest BCUT2D eigenvalue weighted by Crippen LogP contribution is 3.06. The second-order valence-electron chi connectivity index (χ2n) is 8.10. The van der Waals surface area contributed by atoms with Gasteiger partial charge in [-0.2, -0.15) is 0 Å². The molecule has 0 radical (unpaired) electrons. The first-order valence-corrected chi connectivity index (χ1v) is 10.1. The Bertz CT molecular complexity index is 928. The second-order valence-corrected chi connectivity index (χ2v) is 8.10. The SMILES string of the molecule is C1C23CC12C3.O=C(O)c1ccccc1.O=C(O)c1ccccc1.O=C(O)c1ccccc1. The van der Waals surface area contributed by atoms with Crippen LogP contribution in [0.15, 0.2) is 91.0 Å². The van der Waals surface area contributed by atoms with Crippen molar-refractivity contribution < 1.29 is 29.7 Å². The average Bonchev–Trinajstić information content (AvgIpc) is 3.71. The van der Waals surface area contributed by atoms with Gasteiger partial charge in [0.25, 0.3) is 0 Å². The lowest BCUT2D eigenvalue weighted by Gasteiger charge is -2.03. The van der Waals surface area contributed by atoms with E-state index < -0.39 is 17.9 Å². The van der Waals surface area contributed by atoms with Gasteiger partial charge in [0, 0.05) is 0 Å². The Morgan fingerprint density at radius 1 is 0.469 bits per heavy atom. The summed E-state index contributed by atoms with van der Waals surface area (Å²) in [6.45, 7) is 0. The van der Waals surface area contributed by atoms with Crippen LogP contribution in [0.1, 0.15) is 50.3 Å². The van der Waals surface area contributed by atoms with Crippen molar-refractivity contribution in [2.75, 3.05) is 0 Å². The van der Waals surface area contributed by atoms with Gasteiger partial charge >= 0.3 is 17.9 Å². The van der Waals surface area contributed by atoms with Gasteiger partial charge in [0.1, 0.15) is 0 Å². The normalized spacial score (nSPS) is 21.8. The third-order valence-electron chi connectivity index (χ3n) is 5.84. The number of carboxylic acid groups (broad SMARTS) is 3. The molecule has 0 saturated heterocycles. The highest BCUT2D eigenvalue weighted by atomic mass is 16.4. The minimum atomic E-state index is -0.879. The van der Waals surface area contributed by atoms with E-state index >= 15 is 0 Å². The van der Waals surface area contributed by atoms with Gasteiger partial charge in [0.15, 0.2) is 0 Å². The van der Waals surface area contributed by atoms with Gasteiger partial charge in [-0.1, -0.05) is 54.6 Å². The van der Waals surface area contributed by atoms with Crippen LogP contribution in [0.5, 0.6) is 0 Å². The molecule has 164 valence electrons. The molecule has 0 aliphatic heterocycles. The van der Waals surface area contributed by atoms with E-state index in [2.05, 4.69) is 0 Å². The van der Waals surface area contributed by atoms with Crippen molar-refractivity contribution in [1.29, 1.82) is 0 Å². The molecule has 0 amide bonds. The maximum Gasteiger partial charge on any atom is 0.335 e. The van der Waals surface area contributed by atoms with Gasteiger partial charge < -0.3 is 15.3 Å². The number of hydrogen-bond acceptors (Lipinski definition) is 3. The highest BCUT2D eigenvalue weighted by Gasteiger charge is 2.97. The maximum absolute atomic E-state index is 10.2. The molecule has 3 aliphatic carbocycles. The Kier molecular flexibility index (Phi) is 6.73. The van der Waals surface area contributed by atoms with Crippen molar-refractivity contribution in [3.8, 4) is 0 Å². The van der Waals surface area contributed by atoms with E-state index in [-0.39, 0.29) is 0 Å². The van der Waals surface area contributed by atoms with Gasteiger partial charge in [0.2, 0.25) is 0 Å². The number of aromatic carboxylic acids is 3. The molecule has 6 nitrogen and oxygen atoms in total. The number of rotatable bonds is 3. The zero-order valence-electron chi connectivity index (χ0n) is 17.3. The monoisotopic (exact) mass is 432 g/mol. The van der Waals surface area contributed by atoms with Crippen LogP contribution in [0.3, 0.4) is 0 Å². The van der Waals surface area contributed by atoms with Crippen LogP contribution in [-0.4, -0.2) is 33.2 Å². The molecule has 32 heavy (non-hydrogen) atoms. The highest BCUT2D eigenvalue weighted by molar-refractivity contribution is 5.88. The van der Waals surface area contributed by atoms with Crippen molar-refractivity contribution in [2.24, 2.45) is 10.8 Å². The molecule has 0 aromatic heterocycles. The van der Waals surface area contributed by atoms with Gasteiger partial charge in [-0.3, -0.25) is 0 Å². The fourth-order valence-corrected chi connectivity index (χ4v) is 3.40. The van der Waals surface area contributed by atoms with Crippen molar-refractivity contribution in [3.05, 3.63) is 108 Å². The lowest BCUT2D eigenvalue weighted by Crippen LogP contribution is -1.93. The van der Waals surface area contributed by atoms with Crippen molar-refractivity contribution in [3.63, 3.8) is 0 Å². The van der Waals surface area contributed by atoms with E-state index in [1.54, 1.807) is 110 Å². The van der Waals surface area contributed by atoms with E-state index in [0.29, 0.717) is 16.7 Å². The van der Waals surface area contributed by atoms with E-state index in [0.717, 1.165) is 10.8 Å². The molecule has 3 aromatic rings. The molecule has 0 bridgehead atoms. The zero-order chi connectivity index (χ0) is 23.2. The standard InChI is InChI=1S/3C7H6O2.C5H6/c3*8-7(9)6-4-2-1-3-5-6;1-4-2-5(1,4)3-4/h3*1-5H,(H,8,9);1-3H2. The summed E-state index contributed by atoms with van der Waals surface area (Å²) in [5, 5.41) is 25.2. The van der Waals surface area contributed by atoms with E-state index in [9.17, 15) is 14.4 Å². The van der Waals surface area contributed by atoms with Crippen LogP contribution in [0.25, 0.3) is 0 Å².